The van der Waals surface area contributed by atoms with Crippen LogP contribution in [0.15, 0.2) is 0 Å². The molecular weight excluding hydrogens is 402 g/mol. The van der Waals surface area contributed by atoms with Crippen molar-refractivity contribution >= 4 is 5.97 Å². The van der Waals surface area contributed by atoms with Gasteiger partial charge in [0.15, 0.2) is 6.29 Å². The first-order valence-corrected chi connectivity index (χ1v) is 8.79. The van der Waals surface area contributed by atoms with Crippen molar-refractivity contribution in [2.24, 2.45) is 5.73 Å². The second-order valence-electron chi connectivity index (χ2n) is 7.04. The minimum Gasteiger partial charge on any atom is -0.477 e. The quantitative estimate of drug-likeness (QED) is 0.181. The number of aliphatic hydroxyl groups excluding tert-OH is 8. The lowest BCUT2D eigenvalue weighted by Crippen LogP contribution is -2.69. The summed E-state index contributed by atoms with van der Waals surface area (Å²) in [5.41, 5.74) is 5.72. The standard InChI is InChI=1S/C15H27NO13/c16-7-4(19)1-15(14(25)26,28-11(7)8(21)5(20)2-17)29-12-9(22)6(3-18)27-13(24)10(12)23/h4-13,17-24H,1-3,16H2,(H,25,26)/t4-,5-,6?,7-,8-,9-,10+,11?,12?,13-,15+/m1/s1. The van der Waals surface area contributed by atoms with Crippen molar-refractivity contribution < 1.29 is 65.0 Å². The summed E-state index contributed by atoms with van der Waals surface area (Å²) in [7, 11) is 0. The third kappa shape index (κ3) is 4.68. The molecule has 0 amide bonds. The molecular formula is C15H27NO13. The summed E-state index contributed by atoms with van der Waals surface area (Å²) in [5, 5.41) is 87.9. The predicted octanol–water partition coefficient (Wildman–Crippen LogP) is -6.22. The monoisotopic (exact) mass is 429 g/mol. The Morgan fingerprint density at radius 2 is 1.79 bits per heavy atom. The first-order chi connectivity index (χ1) is 13.5. The van der Waals surface area contributed by atoms with E-state index in [-0.39, 0.29) is 0 Å². The molecule has 0 spiro atoms. The molecule has 0 bridgehead atoms. The number of carboxylic acid groups (broad SMARTS) is 1. The second-order valence-corrected chi connectivity index (χ2v) is 7.04. The lowest BCUT2D eigenvalue weighted by molar-refractivity contribution is -0.365. The number of nitrogens with two attached hydrogens (primary N) is 1. The molecule has 2 fully saturated rings. The van der Waals surface area contributed by atoms with E-state index in [1.54, 1.807) is 0 Å². The molecule has 2 heterocycles. The summed E-state index contributed by atoms with van der Waals surface area (Å²) in [6.45, 7) is -1.73. The van der Waals surface area contributed by atoms with Gasteiger partial charge in [-0.15, -0.1) is 0 Å². The molecule has 3 unspecified atom stereocenters. The third-order valence-electron chi connectivity index (χ3n) is 5.04. The molecule has 0 aromatic heterocycles. The van der Waals surface area contributed by atoms with E-state index in [9.17, 15) is 45.6 Å². The number of hydrogen-bond acceptors (Lipinski definition) is 13. The van der Waals surface area contributed by atoms with Crippen molar-refractivity contribution in [3.8, 4) is 0 Å². The van der Waals surface area contributed by atoms with Crippen LogP contribution in [0.4, 0.5) is 0 Å². The zero-order valence-electron chi connectivity index (χ0n) is 15.1. The van der Waals surface area contributed by atoms with Crippen molar-refractivity contribution in [3.05, 3.63) is 0 Å². The van der Waals surface area contributed by atoms with E-state index in [0.29, 0.717) is 0 Å². The smallest absolute Gasteiger partial charge is 0.364 e. The number of aliphatic carboxylic acids is 1. The van der Waals surface area contributed by atoms with Crippen LogP contribution < -0.4 is 5.73 Å². The van der Waals surface area contributed by atoms with Gasteiger partial charge < -0.3 is 65.9 Å². The normalized spacial score (nSPS) is 45.6. The predicted molar refractivity (Wildman–Crippen MR) is 87.8 cm³/mol. The fourth-order valence-electron chi connectivity index (χ4n) is 3.29. The molecule has 11 N–H and O–H groups in total. The van der Waals surface area contributed by atoms with Crippen LogP contribution in [0.2, 0.25) is 0 Å². The molecule has 2 saturated heterocycles. The minimum atomic E-state index is -2.78. The highest BCUT2D eigenvalue weighted by Gasteiger charge is 2.58. The Morgan fingerprint density at radius 3 is 2.31 bits per heavy atom. The zero-order chi connectivity index (χ0) is 22.1. The molecule has 29 heavy (non-hydrogen) atoms. The summed E-state index contributed by atoms with van der Waals surface area (Å²) >= 11 is 0. The Bertz CT molecular complexity index is 566. The van der Waals surface area contributed by atoms with Gasteiger partial charge in [-0.3, -0.25) is 0 Å². The number of hydrogen-bond donors (Lipinski definition) is 10. The van der Waals surface area contributed by atoms with E-state index in [4.69, 9.17) is 25.1 Å². The summed E-state index contributed by atoms with van der Waals surface area (Å²) in [4.78, 5) is 12.0. The van der Waals surface area contributed by atoms with Gasteiger partial charge in [0.1, 0.15) is 42.7 Å². The Balaban J connectivity index is 2.35. The van der Waals surface area contributed by atoms with Gasteiger partial charge in [-0.05, 0) is 0 Å². The topological polar surface area (TPSA) is 253 Å². The van der Waals surface area contributed by atoms with E-state index in [2.05, 4.69) is 0 Å². The molecule has 0 saturated carbocycles. The molecule has 170 valence electrons. The SMILES string of the molecule is N[C@H]1C([C@H](O)[C@H](O)CO)O[C@@](OC2[C@H](O)C(CO)O[C@@H](O)[C@H]2O)(C(=O)O)C[C@H]1O. The van der Waals surface area contributed by atoms with Gasteiger partial charge in [0.05, 0.1) is 25.4 Å². The highest BCUT2D eigenvalue weighted by atomic mass is 16.7. The van der Waals surface area contributed by atoms with Crippen LogP contribution in [0, 0.1) is 0 Å². The molecule has 2 aliphatic rings. The largest absolute Gasteiger partial charge is 0.477 e. The van der Waals surface area contributed by atoms with Gasteiger partial charge in [0.2, 0.25) is 0 Å². The lowest BCUT2D eigenvalue weighted by Gasteiger charge is -2.48. The number of aliphatic hydroxyl groups is 8. The Morgan fingerprint density at radius 1 is 1.17 bits per heavy atom. The first kappa shape index (κ1) is 24.3. The summed E-state index contributed by atoms with van der Waals surface area (Å²) < 4.78 is 15.3. The van der Waals surface area contributed by atoms with E-state index in [1.807, 2.05) is 0 Å². The van der Waals surface area contributed by atoms with Gasteiger partial charge in [-0.25, -0.2) is 4.79 Å². The number of carboxylic acids is 1. The van der Waals surface area contributed by atoms with E-state index < -0.39 is 92.6 Å². The van der Waals surface area contributed by atoms with Gasteiger partial charge in [0.25, 0.3) is 5.79 Å². The van der Waals surface area contributed by atoms with Crippen molar-refractivity contribution in [2.45, 2.75) is 73.4 Å². The Kier molecular flexibility index (Phi) is 7.88. The number of ether oxygens (including phenoxy) is 3. The van der Waals surface area contributed by atoms with Gasteiger partial charge in [-0.2, -0.15) is 0 Å². The van der Waals surface area contributed by atoms with Crippen LogP contribution in [0.5, 0.6) is 0 Å². The van der Waals surface area contributed by atoms with Gasteiger partial charge >= 0.3 is 5.97 Å². The summed E-state index contributed by atoms with van der Waals surface area (Å²) in [6.07, 6.45) is -16.9. The molecule has 2 aliphatic heterocycles. The molecule has 14 nitrogen and oxygen atoms in total. The molecule has 14 heteroatoms. The van der Waals surface area contributed by atoms with Crippen LogP contribution in [0.3, 0.4) is 0 Å². The van der Waals surface area contributed by atoms with Crippen molar-refractivity contribution in [2.75, 3.05) is 13.2 Å². The van der Waals surface area contributed by atoms with Crippen LogP contribution in [0.25, 0.3) is 0 Å². The van der Waals surface area contributed by atoms with Crippen molar-refractivity contribution in [1.82, 2.24) is 0 Å². The van der Waals surface area contributed by atoms with Crippen LogP contribution >= 0.6 is 0 Å². The highest BCUT2D eigenvalue weighted by Crippen LogP contribution is 2.36. The molecule has 0 aromatic carbocycles. The number of rotatable bonds is 7. The van der Waals surface area contributed by atoms with Crippen LogP contribution in [-0.4, -0.2) is 132 Å². The maximum Gasteiger partial charge on any atom is 0.364 e. The van der Waals surface area contributed by atoms with Crippen molar-refractivity contribution in [3.63, 3.8) is 0 Å². The fraction of sp³-hybridized carbons (Fsp3) is 0.933. The van der Waals surface area contributed by atoms with Gasteiger partial charge in [-0.1, -0.05) is 0 Å². The molecule has 2 rings (SSSR count). The Hall–Kier alpha value is -1.01. The molecule has 11 atom stereocenters. The Labute approximate surface area is 164 Å². The average molecular weight is 429 g/mol. The third-order valence-corrected chi connectivity index (χ3v) is 5.04. The number of carbonyl (C=O) groups is 1. The summed E-state index contributed by atoms with van der Waals surface area (Å²) in [6, 6.07) is -1.39. The summed E-state index contributed by atoms with van der Waals surface area (Å²) in [5.74, 6) is -4.61. The maximum absolute atomic E-state index is 12.0. The van der Waals surface area contributed by atoms with E-state index in [1.165, 1.54) is 0 Å². The van der Waals surface area contributed by atoms with Crippen LogP contribution in [0.1, 0.15) is 6.42 Å². The zero-order valence-corrected chi connectivity index (χ0v) is 15.1. The molecule has 0 radical (unpaired) electrons. The lowest BCUT2D eigenvalue weighted by atomic mass is 9.89. The first-order valence-electron chi connectivity index (χ1n) is 8.79. The molecule has 0 aromatic rings. The molecule has 0 aliphatic carbocycles. The second kappa shape index (κ2) is 9.42. The average Bonchev–Trinajstić information content (AvgIpc) is 2.69. The van der Waals surface area contributed by atoms with Crippen molar-refractivity contribution in [1.29, 1.82) is 0 Å². The van der Waals surface area contributed by atoms with E-state index >= 15 is 0 Å². The van der Waals surface area contributed by atoms with E-state index in [0.717, 1.165) is 0 Å². The maximum atomic E-state index is 12.0. The van der Waals surface area contributed by atoms with Crippen LogP contribution in [-0.2, 0) is 19.0 Å². The fourth-order valence-corrected chi connectivity index (χ4v) is 3.29. The minimum absolute atomic E-state index is 0.802. The highest BCUT2D eigenvalue weighted by molar-refractivity contribution is 5.76. The van der Waals surface area contributed by atoms with Gasteiger partial charge in [0, 0.05) is 6.42 Å².